The molecule has 0 bridgehead atoms. The maximum absolute atomic E-state index is 4.20. The Balaban J connectivity index is 2.37. The van der Waals surface area contributed by atoms with Crippen LogP contribution < -0.4 is 5.32 Å². The minimum absolute atomic E-state index is 0.781. The van der Waals surface area contributed by atoms with Crippen LogP contribution in [0.4, 0.5) is 11.4 Å². The molecule has 3 nitrogen and oxygen atoms in total. The summed E-state index contributed by atoms with van der Waals surface area (Å²) in [5.74, 6) is 0. The van der Waals surface area contributed by atoms with Crippen LogP contribution in [-0.4, -0.2) is 11.3 Å². The van der Waals surface area contributed by atoms with E-state index in [9.17, 15) is 0 Å². The molecule has 0 spiro atoms. The van der Waals surface area contributed by atoms with E-state index in [1.54, 1.807) is 12.5 Å². The number of fused-ring (bicyclic) bond motifs is 1. The Kier molecular flexibility index (Phi) is 1.63. The number of rotatable bonds is 2. The zero-order chi connectivity index (χ0) is 8.39. The van der Waals surface area contributed by atoms with Crippen LogP contribution in [0.2, 0.25) is 0 Å². The van der Waals surface area contributed by atoms with Gasteiger partial charge in [-0.2, -0.15) is 0 Å². The number of hydrogen-bond donors (Lipinski definition) is 0. The molecule has 0 fully saturated rings. The lowest BCUT2D eigenvalue weighted by Gasteiger charge is -1.97. The molecule has 1 aliphatic heterocycles. The minimum Gasteiger partial charge on any atom is -0.259 e. The predicted molar refractivity (Wildman–Crippen MR) is 48.1 cm³/mol. The number of hydrogen-bond acceptors (Lipinski definition) is 2. The van der Waals surface area contributed by atoms with Gasteiger partial charge in [0.2, 0.25) is 0 Å². The molecule has 0 saturated carbocycles. The van der Waals surface area contributed by atoms with Crippen molar-refractivity contribution >= 4 is 17.7 Å². The Morgan fingerprint density at radius 3 is 3.17 bits per heavy atom. The molecule has 0 unspecified atom stereocenters. The lowest BCUT2D eigenvalue weighted by molar-refractivity contribution is 1.10. The summed E-state index contributed by atoms with van der Waals surface area (Å²) in [6.45, 7) is 3.65. The molecule has 1 radical (unpaired) electrons. The highest BCUT2D eigenvalue weighted by Gasteiger charge is 2.07. The molecule has 12 heavy (non-hydrogen) atoms. The first kappa shape index (κ1) is 7.03. The molecule has 0 atom stereocenters. The third-order valence-corrected chi connectivity index (χ3v) is 1.67. The number of pyridine rings is 1. The van der Waals surface area contributed by atoms with Gasteiger partial charge in [0.1, 0.15) is 12.0 Å². The Morgan fingerprint density at radius 1 is 1.42 bits per heavy atom. The predicted octanol–water partition coefficient (Wildman–Crippen LogP) is 1.72. The maximum atomic E-state index is 4.20. The van der Waals surface area contributed by atoms with E-state index in [2.05, 4.69) is 21.9 Å². The van der Waals surface area contributed by atoms with Gasteiger partial charge >= 0.3 is 0 Å². The maximum Gasteiger partial charge on any atom is 0.116 e. The lowest BCUT2D eigenvalue weighted by atomic mass is 10.2. The monoisotopic (exact) mass is 158 g/mol. The summed E-state index contributed by atoms with van der Waals surface area (Å²) in [5, 5.41) is 4.02. The zero-order valence-electron chi connectivity index (χ0n) is 6.57. The quantitative estimate of drug-likeness (QED) is 0.604. The molecule has 3 heteroatoms. The second kappa shape index (κ2) is 2.77. The molecule has 0 aromatic carbocycles. The largest absolute Gasteiger partial charge is 0.259 e. The van der Waals surface area contributed by atoms with Gasteiger partial charge in [0.25, 0.3) is 0 Å². The summed E-state index contributed by atoms with van der Waals surface area (Å²) in [4.78, 5) is 8.27. The van der Waals surface area contributed by atoms with Gasteiger partial charge in [-0.25, -0.2) is 10.3 Å². The second-order valence-electron chi connectivity index (χ2n) is 2.53. The van der Waals surface area contributed by atoms with E-state index in [4.69, 9.17) is 0 Å². The summed E-state index contributed by atoms with van der Waals surface area (Å²) >= 11 is 0. The van der Waals surface area contributed by atoms with Crippen molar-refractivity contribution in [1.29, 1.82) is 0 Å². The van der Waals surface area contributed by atoms with E-state index in [1.807, 2.05) is 12.1 Å². The van der Waals surface area contributed by atoms with Crippen molar-refractivity contribution in [1.82, 2.24) is 10.3 Å². The van der Waals surface area contributed by atoms with Gasteiger partial charge in [0.05, 0.1) is 11.9 Å². The molecule has 2 heterocycles. The Bertz CT molecular complexity index is 342. The number of aromatic nitrogens is 1. The fourth-order valence-corrected chi connectivity index (χ4v) is 1.09. The SMILES string of the molecule is C=CCc1cc2c(cn1)[N]C=N2. The molecule has 2 rings (SSSR count). The van der Waals surface area contributed by atoms with E-state index in [-0.39, 0.29) is 0 Å². The third kappa shape index (κ3) is 1.09. The van der Waals surface area contributed by atoms with Crippen LogP contribution >= 0.6 is 0 Å². The first-order valence-corrected chi connectivity index (χ1v) is 3.73. The summed E-state index contributed by atoms with van der Waals surface area (Å²) < 4.78 is 0. The average molecular weight is 158 g/mol. The highest BCUT2D eigenvalue weighted by Crippen LogP contribution is 2.27. The van der Waals surface area contributed by atoms with E-state index in [0.717, 1.165) is 23.5 Å². The molecule has 1 aliphatic rings. The van der Waals surface area contributed by atoms with Gasteiger partial charge in [0, 0.05) is 12.1 Å². The van der Waals surface area contributed by atoms with Gasteiger partial charge in [0.15, 0.2) is 0 Å². The molecule has 1 aromatic rings. The molecule has 0 saturated heterocycles. The standard InChI is InChI=1S/C9H8N3/c1-2-3-7-4-8-9(5-10-7)12-6-11-8/h2,4-6H,1,3H2. The van der Waals surface area contributed by atoms with Crippen molar-refractivity contribution in [2.24, 2.45) is 4.99 Å². The Morgan fingerprint density at radius 2 is 2.33 bits per heavy atom. The lowest BCUT2D eigenvalue weighted by Crippen LogP contribution is -1.89. The van der Waals surface area contributed by atoms with Crippen LogP contribution in [0.15, 0.2) is 29.9 Å². The van der Waals surface area contributed by atoms with Gasteiger partial charge in [-0.1, -0.05) is 6.08 Å². The van der Waals surface area contributed by atoms with Crippen LogP contribution in [0.5, 0.6) is 0 Å². The molecule has 0 N–H and O–H groups in total. The van der Waals surface area contributed by atoms with Crippen LogP contribution in [0.3, 0.4) is 0 Å². The summed E-state index contributed by atoms with van der Waals surface area (Å²) in [5.41, 5.74) is 2.74. The Hall–Kier alpha value is -1.64. The van der Waals surface area contributed by atoms with Gasteiger partial charge in [-0.05, 0) is 6.07 Å². The molecular formula is C9H8N3. The molecule has 0 amide bonds. The number of aliphatic imine (C=N–C) groups is 1. The smallest absolute Gasteiger partial charge is 0.116 e. The summed E-state index contributed by atoms with van der Waals surface area (Å²) in [6, 6.07) is 1.93. The molecule has 0 aliphatic carbocycles. The van der Waals surface area contributed by atoms with E-state index >= 15 is 0 Å². The van der Waals surface area contributed by atoms with Gasteiger partial charge < -0.3 is 0 Å². The van der Waals surface area contributed by atoms with Crippen molar-refractivity contribution in [2.45, 2.75) is 6.42 Å². The molecule has 59 valence electrons. The van der Waals surface area contributed by atoms with Crippen molar-refractivity contribution in [3.05, 3.63) is 30.6 Å². The van der Waals surface area contributed by atoms with E-state index in [0.29, 0.717) is 0 Å². The first-order valence-electron chi connectivity index (χ1n) is 3.73. The normalized spacial score (nSPS) is 12.3. The zero-order valence-corrected chi connectivity index (χ0v) is 6.57. The van der Waals surface area contributed by atoms with E-state index < -0.39 is 0 Å². The van der Waals surface area contributed by atoms with Crippen LogP contribution in [0, 0.1) is 0 Å². The fourth-order valence-electron chi connectivity index (χ4n) is 1.09. The topological polar surface area (TPSA) is 39.4 Å². The summed E-state index contributed by atoms with van der Waals surface area (Å²) in [6.07, 6.45) is 5.89. The van der Waals surface area contributed by atoms with E-state index in [1.165, 1.54) is 0 Å². The highest BCUT2D eigenvalue weighted by molar-refractivity contribution is 5.81. The second-order valence-corrected chi connectivity index (χ2v) is 2.53. The molecule has 1 aromatic heterocycles. The first-order chi connectivity index (χ1) is 5.90. The Labute approximate surface area is 70.9 Å². The number of nitrogens with zero attached hydrogens (tertiary/aromatic N) is 3. The van der Waals surface area contributed by atoms with Crippen molar-refractivity contribution < 1.29 is 0 Å². The van der Waals surface area contributed by atoms with Crippen molar-refractivity contribution in [3.63, 3.8) is 0 Å². The van der Waals surface area contributed by atoms with Crippen molar-refractivity contribution in [3.8, 4) is 0 Å². The average Bonchev–Trinajstić information content (AvgIpc) is 2.51. The van der Waals surface area contributed by atoms with Gasteiger partial charge in [-0.3, -0.25) is 4.98 Å². The van der Waals surface area contributed by atoms with Crippen LogP contribution in [0.1, 0.15) is 5.69 Å². The summed E-state index contributed by atoms with van der Waals surface area (Å²) in [7, 11) is 0. The minimum atomic E-state index is 0.781. The third-order valence-electron chi connectivity index (χ3n) is 1.67. The number of allylic oxidation sites excluding steroid dienone is 1. The van der Waals surface area contributed by atoms with Crippen molar-refractivity contribution in [2.75, 3.05) is 0 Å². The van der Waals surface area contributed by atoms with Gasteiger partial charge in [-0.15, -0.1) is 6.58 Å². The fraction of sp³-hybridized carbons (Fsp3) is 0.111. The van der Waals surface area contributed by atoms with Crippen LogP contribution in [0.25, 0.3) is 0 Å². The highest BCUT2D eigenvalue weighted by atomic mass is 15.0. The molecular weight excluding hydrogens is 150 g/mol. The van der Waals surface area contributed by atoms with Crippen LogP contribution in [-0.2, 0) is 6.42 Å².